The fourth-order valence-corrected chi connectivity index (χ4v) is 5.25. The summed E-state index contributed by atoms with van der Waals surface area (Å²) < 4.78 is 51.2. The van der Waals surface area contributed by atoms with Crippen molar-refractivity contribution in [2.75, 3.05) is 5.32 Å². The smallest absolute Gasteiger partial charge is 0.254 e. The molecule has 0 spiro atoms. The minimum Gasteiger partial charge on any atom is -0.322 e. The van der Waals surface area contributed by atoms with Crippen molar-refractivity contribution in [3.05, 3.63) is 66.2 Å². The molecule has 2 rings (SSSR count). The molecule has 26 heavy (non-hydrogen) atoms. The van der Waals surface area contributed by atoms with Gasteiger partial charge in [-0.3, -0.25) is 4.79 Å². The molecule has 0 aromatic heterocycles. The number of carbonyl (C=O) groups is 1. The third-order valence-electron chi connectivity index (χ3n) is 3.38. The van der Waals surface area contributed by atoms with Gasteiger partial charge >= 0.3 is 0 Å². The molecular weight excluding hydrogens is 376 g/mol. The normalized spacial score (nSPS) is 11.8. The van der Waals surface area contributed by atoms with Crippen LogP contribution in [-0.4, -0.2) is 22.7 Å². The Morgan fingerprint density at radius 3 is 2.12 bits per heavy atom. The van der Waals surface area contributed by atoms with Gasteiger partial charge in [-0.15, -0.1) is 4.13 Å². The second-order valence-corrected chi connectivity index (χ2v) is 9.21. The van der Waals surface area contributed by atoms with Gasteiger partial charge in [0.15, 0.2) is 0 Å². The topological polar surface area (TPSA) is 109 Å². The molecule has 0 heterocycles. The Hall–Kier alpha value is -2.49. The highest BCUT2D eigenvalue weighted by molar-refractivity contribution is 8.04. The van der Waals surface area contributed by atoms with Crippen molar-refractivity contribution in [3.8, 4) is 0 Å². The van der Waals surface area contributed by atoms with Crippen LogP contribution in [0, 0.1) is 6.92 Å². The van der Waals surface area contributed by atoms with E-state index in [1.165, 1.54) is 49.4 Å². The lowest BCUT2D eigenvalue weighted by atomic mass is 10.2. The number of aryl methyl sites for hydroxylation is 1. The van der Waals surface area contributed by atoms with Crippen LogP contribution in [0.25, 0.3) is 0 Å². The summed E-state index contributed by atoms with van der Waals surface area (Å²) in [6.45, 7) is 6.56. The zero-order valence-corrected chi connectivity index (χ0v) is 15.8. The number of amides is 1. The fraction of sp³-hybridized carbons (Fsp3) is 0.118. The van der Waals surface area contributed by atoms with E-state index in [0.29, 0.717) is 11.3 Å². The van der Waals surface area contributed by atoms with Crippen LogP contribution in [-0.2, 0) is 24.8 Å². The first kappa shape index (κ1) is 19.8. The van der Waals surface area contributed by atoms with Gasteiger partial charge in [0.1, 0.15) is 0 Å². The molecule has 9 heteroatoms. The van der Waals surface area contributed by atoms with E-state index in [9.17, 15) is 21.6 Å². The van der Waals surface area contributed by atoms with E-state index in [4.69, 9.17) is 0 Å². The number of rotatable bonds is 6. The number of carbonyl (C=O) groups excluding carboxylic acids is 1. The largest absolute Gasteiger partial charge is 0.322 e. The van der Waals surface area contributed by atoms with Gasteiger partial charge in [-0.2, -0.15) is 0 Å². The third-order valence-corrected chi connectivity index (χ3v) is 7.07. The zero-order valence-electron chi connectivity index (χ0n) is 14.2. The summed E-state index contributed by atoms with van der Waals surface area (Å²) in [5, 5.41) is 2.56. The summed E-state index contributed by atoms with van der Waals surface area (Å²) in [6, 6.07) is 11.2. The van der Waals surface area contributed by atoms with Crippen LogP contribution in [0.4, 0.5) is 5.69 Å². The molecule has 0 bridgehead atoms. The average molecular weight is 394 g/mol. The Bertz CT molecular complexity index is 1060. The van der Waals surface area contributed by atoms with Crippen molar-refractivity contribution in [1.82, 2.24) is 4.13 Å². The van der Waals surface area contributed by atoms with Gasteiger partial charge in [0.2, 0.25) is 0 Å². The summed E-state index contributed by atoms with van der Waals surface area (Å²) in [7, 11) is -8.57. The number of hydrogen-bond donors (Lipinski definition) is 2. The SMILES string of the molecule is C=C(C)C(=O)Nc1ccc(S(=O)(=O)NS(=O)(=O)c2ccccc2)c(C)c1. The average Bonchev–Trinajstić information content (AvgIpc) is 2.54. The standard InChI is InChI=1S/C17H18N2O5S2/c1-12(2)17(20)18-14-9-10-16(13(3)11-14)26(23,24)19-25(21,22)15-7-5-4-6-8-15/h4-11,19H,1H2,2-3H3,(H,18,20). The molecule has 1 amide bonds. The maximum Gasteiger partial charge on any atom is 0.254 e. The van der Waals surface area contributed by atoms with Crippen LogP contribution in [0.5, 0.6) is 0 Å². The first-order chi connectivity index (χ1) is 12.0. The predicted molar refractivity (Wildman–Crippen MR) is 98.6 cm³/mol. The van der Waals surface area contributed by atoms with Gasteiger partial charge < -0.3 is 5.32 Å². The second-order valence-electron chi connectivity index (χ2n) is 5.62. The van der Waals surface area contributed by atoms with Crippen molar-refractivity contribution in [3.63, 3.8) is 0 Å². The maximum atomic E-state index is 12.5. The van der Waals surface area contributed by atoms with Gasteiger partial charge in [-0.25, -0.2) is 16.8 Å². The summed E-state index contributed by atoms with van der Waals surface area (Å²) in [5.74, 6) is -0.398. The van der Waals surface area contributed by atoms with Crippen LogP contribution in [0.3, 0.4) is 0 Å². The van der Waals surface area contributed by atoms with E-state index in [-0.39, 0.29) is 15.4 Å². The lowest BCUT2D eigenvalue weighted by molar-refractivity contribution is -0.112. The molecule has 2 N–H and O–H groups in total. The van der Waals surface area contributed by atoms with Crippen molar-refractivity contribution in [2.45, 2.75) is 23.6 Å². The van der Waals surface area contributed by atoms with Crippen LogP contribution in [0.15, 0.2) is 70.5 Å². The number of hydrogen-bond acceptors (Lipinski definition) is 5. The van der Waals surface area contributed by atoms with Crippen molar-refractivity contribution in [1.29, 1.82) is 0 Å². The Labute approximate surface area is 152 Å². The Kier molecular flexibility index (Phi) is 5.65. The summed E-state index contributed by atoms with van der Waals surface area (Å²) in [4.78, 5) is 11.3. The van der Waals surface area contributed by atoms with E-state index in [1.807, 2.05) is 0 Å². The van der Waals surface area contributed by atoms with E-state index in [2.05, 4.69) is 11.9 Å². The minimum absolute atomic E-state index is 0.161. The van der Waals surface area contributed by atoms with E-state index in [0.717, 1.165) is 0 Å². The monoisotopic (exact) mass is 394 g/mol. The molecular formula is C17H18N2O5S2. The Morgan fingerprint density at radius 1 is 0.962 bits per heavy atom. The Morgan fingerprint density at radius 2 is 1.58 bits per heavy atom. The summed E-state index contributed by atoms with van der Waals surface area (Å²) in [6.07, 6.45) is 0. The van der Waals surface area contributed by atoms with Crippen molar-refractivity contribution >= 4 is 31.6 Å². The van der Waals surface area contributed by atoms with Crippen LogP contribution >= 0.6 is 0 Å². The molecule has 2 aromatic rings. The quantitative estimate of drug-likeness (QED) is 0.730. The zero-order chi connectivity index (χ0) is 19.5. The van der Waals surface area contributed by atoms with E-state index in [1.54, 1.807) is 17.1 Å². The van der Waals surface area contributed by atoms with Crippen LogP contribution in [0.1, 0.15) is 12.5 Å². The first-order valence-corrected chi connectivity index (χ1v) is 10.4. The lowest BCUT2D eigenvalue weighted by Crippen LogP contribution is -2.31. The molecule has 0 radical (unpaired) electrons. The lowest BCUT2D eigenvalue weighted by Gasteiger charge is -2.12. The Balaban J connectivity index is 2.32. The summed E-state index contributed by atoms with van der Waals surface area (Å²) >= 11 is 0. The molecule has 7 nitrogen and oxygen atoms in total. The summed E-state index contributed by atoms with van der Waals surface area (Å²) in [5.41, 5.74) is 0.954. The third kappa shape index (κ3) is 4.57. The second kappa shape index (κ2) is 7.40. The molecule has 2 aromatic carbocycles. The molecule has 138 valence electrons. The van der Waals surface area contributed by atoms with Gasteiger partial charge in [0.25, 0.3) is 26.0 Å². The number of nitrogens with one attached hydrogen (secondary N) is 2. The van der Waals surface area contributed by atoms with E-state index < -0.39 is 26.0 Å². The molecule has 0 aliphatic carbocycles. The highest BCUT2D eigenvalue weighted by Gasteiger charge is 2.25. The first-order valence-electron chi connectivity index (χ1n) is 7.44. The van der Waals surface area contributed by atoms with Gasteiger partial charge in [0.05, 0.1) is 9.79 Å². The minimum atomic E-state index is -4.33. The molecule has 0 aliphatic heterocycles. The highest BCUT2D eigenvalue weighted by Crippen LogP contribution is 2.21. The molecule has 0 fully saturated rings. The molecule has 0 saturated heterocycles. The number of sulfonamides is 2. The van der Waals surface area contributed by atoms with Gasteiger partial charge in [-0.1, -0.05) is 24.8 Å². The van der Waals surface area contributed by atoms with Gasteiger partial charge in [-0.05, 0) is 49.7 Å². The van der Waals surface area contributed by atoms with Crippen molar-refractivity contribution < 1.29 is 21.6 Å². The van der Waals surface area contributed by atoms with Gasteiger partial charge in [0, 0.05) is 11.3 Å². The van der Waals surface area contributed by atoms with Crippen molar-refractivity contribution in [2.24, 2.45) is 0 Å². The fourth-order valence-electron chi connectivity index (χ4n) is 2.10. The molecule has 0 atom stereocenters. The molecule has 0 unspecified atom stereocenters. The van der Waals surface area contributed by atoms with Crippen LogP contribution in [0.2, 0.25) is 0 Å². The molecule has 0 saturated carbocycles. The number of benzene rings is 2. The van der Waals surface area contributed by atoms with E-state index >= 15 is 0 Å². The number of anilines is 1. The predicted octanol–water partition coefficient (Wildman–Crippen LogP) is 2.18. The van der Waals surface area contributed by atoms with Crippen LogP contribution < -0.4 is 9.44 Å². The highest BCUT2D eigenvalue weighted by atomic mass is 32.3. The molecule has 0 aliphatic rings. The maximum absolute atomic E-state index is 12.5.